The number of Topliss-reactive ketones (excluding diaryl/α,β-unsaturated/α-hetero) is 1. The molecule has 0 unspecified atom stereocenters. The fourth-order valence-corrected chi connectivity index (χ4v) is 5.51. The Labute approximate surface area is 190 Å². The first-order chi connectivity index (χ1) is 15.1. The number of nitrogens with zero attached hydrogens (tertiary/aromatic N) is 3. The number of rotatable bonds is 3. The van der Waals surface area contributed by atoms with E-state index in [1.54, 1.807) is 28.4 Å². The molecule has 32 heavy (non-hydrogen) atoms. The van der Waals surface area contributed by atoms with Gasteiger partial charge in [-0.1, -0.05) is 26.8 Å². The molecule has 2 N–H and O–H groups in total. The van der Waals surface area contributed by atoms with Gasteiger partial charge in [-0.25, -0.2) is 0 Å². The molecule has 4 rings (SSSR count). The highest BCUT2D eigenvalue weighted by molar-refractivity contribution is 7.12. The molecule has 0 spiro atoms. The summed E-state index contributed by atoms with van der Waals surface area (Å²) in [5.41, 5.74) is 8.50. The standard InChI is InChI=1S/C24H24N4O3S/c1-24(2,3)20-11-10-19(32-20)21-16(13-25)23(26)27(17-8-5-9-18(29)22(17)21)14-6-4-7-15(12-14)28(30)31/h4,6-7,10-12,21H,5,8-9,26H2,1-3H3/t21-/m0/s1. The van der Waals surface area contributed by atoms with Gasteiger partial charge < -0.3 is 5.73 Å². The summed E-state index contributed by atoms with van der Waals surface area (Å²) in [6.07, 6.45) is 1.69. The van der Waals surface area contributed by atoms with Gasteiger partial charge in [0.15, 0.2) is 5.78 Å². The Bertz CT molecular complexity index is 1230. The Kier molecular flexibility index (Phi) is 5.39. The highest BCUT2D eigenvalue weighted by atomic mass is 32.1. The quantitative estimate of drug-likeness (QED) is 0.506. The lowest BCUT2D eigenvalue weighted by Crippen LogP contribution is -2.38. The average Bonchev–Trinajstić information content (AvgIpc) is 3.23. The molecule has 1 atom stereocenters. The Morgan fingerprint density at radius 1 is 1.25 bits per heavy atom. The van der Waals surface area contributed by atoms with Crippen LogP contribution in [0.15, 0.2) is 59.1 Å². The second-order valence-corrected chi connectivity index (χ2v) is 10.2. The van der Waals surface area contributed by atoms with Gasteiger partial charge in [0, 0.05) is 39.6 Å². The lowest BCUT2D eigenvalue weighted by Gasteiger charge is -2.39. The lowest BCUT2D eigenvalue weighted by molar-refractivity contribution is -0.384. The SMILES string of the molecule is CC(C)(C)c1ccc([C@@H]2C(C#N)=C(N)N(c3cccc([N+](=O)[O-])c3)C3=C2C(=O)CCC3)s1. The van der Waals surface area contributed by atoms with Crippen molar-refractivity contribution >= 4 is 28.5 Å². The molecule has 0 fully saturated rings. The van der Waals surface area contributed by atoms with Crippen molar-refractivity contribution in [2.45, 2.75) is 51.4 Å². The summed E-state index contributed by atoms with van der Waals surface area (Å²) in [4.78, 5) is 27.8. The molecule has 0 saturated heterocycles. The highest BCUT2D eigenvalue weighted by Crippen LogP contribution is 2.48. The first-order valence-corrected chi connectivity index (χ1v) is 11.3. The summed E-state index contributed by atoms with van der Waals surface area (Å²) in [7, 11) is 0. The van der Waals surface area contributed by atoms with Crippen molar-refractivity contribution < 1.29 is 9.72 Å². The molecule has 0 bridgehead atoms. The van der Waals surface area contributed by atoms with Crippen molar-refractivity contribution in [3.05, 3.63) is 78.9 Å². The molecule has 0 amide bonds. The van der Waals surface area contributed by atoms with Gasteiger partial charge in [0.25, 0.3) is 5.69 Å². The van der Waals surface area contributed by atoms with Crippen LogP contribution in [-0.2, 0) is 10.2 Å². The maximum Gasteiger partial charge on any atom is 0.271 e. The number of nitriles is 1. The van der Waals surface area contributed by atoms with E-state index in [4.69, 9.17) is 5.73 Å². The number of ketones is 1. The number of hydrogen-bond donors (Lipinski definition) is 1. The molecular weight excluding hydrogens is 424 g/mol. The molecule has 8 heteroatoms. The van der Waals surface area contributed by atoms with Gasteiger partial charge in [0.2, 0.25) is 0 Å². The molecule has 0 saturated carbocycles. The van der Waals surface area contributed by atoms with E-state index in [-0.39, 0.29) is 22.7 Å². The number of nitro benzene ring substituents is 1. The molecule has 1 aliphatic carbocycles. The van der Waals surface area contributed by atoms with Crippen molar-refractivity contribution in [2.75, 3.05) is 4.90 Å². The fraction of sp³-hybridized carbons (Fsp3) is 0.333. The van der Waals surface area contributed by atoms with Crippen LogP contribution in [0, 0.1) is 21.4 Å². The van der Waals surface area contributed by atoms with E-state index in [0.29, 0.717) is 36.1 Å². The Morgan fingerprint density at radius 3 is 2.62 bits per heavy atom. The summed E-state index contributed by atoms with van der Waals surface area (Å²) in [5, 5.41) is 21.4. The molecule has 1 aliphatic heterocycles. The van der Waals surface area contributed by atoms with Gasteiger partial charge >= 0.3 is 0 Å². The van der Waals surface area contributed by atoms with Crippen LogP contribution in [0.3, 0.4) is 0 Å². The normalized spacial score (nSPS) is 19.1. The average molecular weight is 449 g/mol. The van der Waals surface area contributed by atoms with Crippen LogP contribution in [0.5, 0.6) is 0 Å². The van der Waals surface area contributed by atoms with Crippen LogP contribution < -0.4 is 10.6 Å². The number of benzene rings is 1. The zero-order chi connectivity index (χ0) is 23.2. The molecule has 2 aliphatic rings. The molecular formula is C24H24N4O3S. The largest absolute Gasteiger partial charge is 0.384 e. The number of non-ortho nitro benzene ring substituents is 1. The summed E-state index contributed by atoms with van der Waals surface area (Å²) in [6.45, 7) is 6.37. The number of allylic oxidation sites excluding steroid dienone is 3. The molecule has 2 aromatic rings. The van der Waals surface area contributed by atoms with Crippen molar-refractivity contribution in [3.8, 4) is 6.07 Å². The van der Waals surface area contributed by atoms with Gasteiger partial charge in [-0.05, 0) is 36.5 Å². The molecule has 2 heterocycles. The van der Waals surface area contributed by atoms with E-state index < -0.39 is 10.8 Å². The minimum Gasteiger partial charge on any atom is -0.384 e. The van der Waals surface area contributed by atoms with Gasteiger partial charge in [-0.2, -0.15) is 5.26 Å². The maximum atomic E-state index is 13.2. The van der Waals surface area contributed by atoms with Crippen LogP contribution in [0.2, 0.25) is 0 Å². The minimum atomic E-state index is -0.515. The maximum absolute atomic E-state index is 13.2. The van der Waals surface area contributed by atoms with Gasteiger partial charge in [0.05, 0.1) is 28.2 Å². The van der Waals surface area contributed by atoms with Crippen LogP contribution >= 0.6 is 11.3 Å². The van der Waals surface area contributed by atoms with E-state index >= 15 is 0 Å². The molecule has 1 aromatic carbocycles. The van der Waals surface area contributed by atoms with E-state index in [9.17, 15) is 20.2 Å². The lowest BCUT2D eigenvalue weighted by atomic mass is 9.78. The van der Waals surface area contributed by atoms with Crippen molar-refractivity contribution in [2.24, 2.45) is 5.73 Å². The minimum absolute atomic E-state index is 0.00219. The molecule has 1 aromatic heterocycles. The number of carbonyl (C=O) groups excluding carboxylic acids is 1. The van der Waals surface area contributed by atoms with E-state index in [1.165, 1.54) is 12.1 Å². The zero-order valence-corrected chi connectivity index (χ0v) is 19.0. The van der Waals surface area contributed by atoms with Crippen LogP contribution in [0.4, 0.5) is 11.4 Å². The van der Waals surface area contributed by atoms with E-state index in [0.717, 1.165) is 15.5 Å². The van der Waals surface area contributed by atoms with Gasteiger partial charge in [-0.3, -0.25) is 19.8 Å². The van der Waals surface area contributed by atoms with Crippen LogP contribution in [0.25, 0.3) is 0 Å². The highest BCUT2D eigenvalue weighted by Gasteiger charge is 2.41. The third-order valence-electron chi connectivity index (χ3n) is 5.86. The number of hydrogen-bond acceptors (Lipinski definition) is 7. The topological polar surface area (TPSA) is 113 Å². The smallest absolute Gasteiger partial charge is 0.271 e. The number of anilines is 1. The molecule has 7 nitrogen and oxygen atoms in total. The van der Waals surface area contributed by atoms with Crippen molar-refractivity contribution in [1.29, 1.82) is 5.26 Å². The predicted molar refractivity (Wildman–Crippen MR) is 124 cm³/mol. The molecule has 164 valence electrons. The van der Waals surface area contributed by atoms with E-state index in [2.05, 4.69) is 26.8 Å². The zero-order valence-electron chi connectivity index (χ0n) is 18.2. The number of nitro groups is 1. The number of thiophene rings is 1. The third kappa shape index (κ3) is 3.59. The monoisotopic (exact) mass is 448 g/mol. The Morgan fingerprint density at radius 2 is 2.00 bits per heavy atom. The first kappa shape index (κ1) is 21.8. The van der Waals surface area contributed by atoms with Crippen molar-refractivity contribution in [1.82, 2.24) is 0 Å². The summed E-state index contributed by atoms with van der Waals surface area (Å²) >= 11 is 1.59. The van der Waals surface area contributed by atoms with Gasteiger partial charge in [-0.15, -0.1) is 11.3 Å². The second-order valence-electron chi connectivity index (χ2n) is 9.05. The summed E-state index contributed by atoms with van der Waals surface area (Å²) in [6, 6.07) is 12.4. The molecule has 0 radical (unpaired) electrons. The first-order valence-electron chi connectivity index (χ1n) is 10.4. The summed E-state index contributed by atoms with van der Waals surface area (Å²) in [5.74, 6) is -0.298. The predicted octanol–water partition coefficient (Wildman–Crippen LogP) is 5.26. The second kappa shape index (κ2) is 7.92. The third-order valence-corrected chi connectivity index (χ3v) is 7.44. The van der Waals surface area contributed by atoms with Crippen LogP contribution in [-0.4, -0.2) is 10.7 Å². The Balaban J connectivity index is 1.93. The van der Waals surface area contributed by atoms with Gasteiger partial charge in [0.1, 0.15) is 5.82 Å². The van der Waals surface area contributed by atoms with Crippen molar-refractivity contribution in [3.63, 3.8) is 0 Å². The van der Waals surface area contributed by atoms with E-state index in [1.807, 2.05) is 12.1 Å². The number of carbonyl (C=O) groups is 1. The Hall–Kier alpha value is -3.44. The van der Waals surface area contributed by atoms with Crippen LogP contribution in [0.1, 0.15) is 55.7 Å². The fourth-order valence-electron chi connectivity index (χ4n) is 4.32. The number of nitrogens with two attached hydrogens (primary N) is 1. The summed E-state index contributed by atoms with van der Waals surface area (Å²) < 4.78 is 0.